The first-order valence-corrected chi connectivity index (χ1v) is 3.77. The van der Waals surface area contributed by atoms with Crippen molar-refractivity contribution >= 4 is 18.2 Å². The molecule has 0 atom stereocenters. The van der Waals surface area contributed by atoms with E-state index in [0.29, 0.717) is 6.54 Å². The summed E-state index contributed by atoms with van der Waals surface area (Å²) in [6, 6.07) is 9.57. The average molecular weight is 184 g/mol. The maximum Gasteiger partial charge on any atom is 0.326 e. The van der Waals surface area contributed by atoms with Gasteiger partial charge in [-0.2, -0.15) is 0 Å². The van der Waals surface area contributed by atoms with Crippen molar-refractivity contribution in [3.8, 4) is 0 Å². The highest BCUT2D eigenvalue weighted by atomic mass is 35.5. The lowest BCUT2D eigenvalue weighted by Gasteiger charge is -2.09. The predicted molar refractivity (Wildman–Crippen MR) is 46.7 cm³/mol. The van der Waals surface area contributed by atoms with E-state index >= 15 is 0 Å². The van der Waals surface area contributed by atoms with Crippen LogP contribution < -0.4 is 5.43 Å². The van der Waals surface area contributed by atoms with E-state index in [4.69, 9.17) is 11.8 Å². The predicted octanol–water partition coefficient (Wildman–Crippen LogP) is 1.21. The molecule has 0 fully saturated rings. The molecule has 0 spiro atoms. The van der Waals surface area contributed by atoms with Gasteiger partial charge in [0.05, 0.1) is 6.54 Å². The van der Waals surface area contributed by atoms with Gasteiger partial charge in [0.2, 0.25) is 0 Å². The average Bonchev–Trinajstić information content (AvgIpc) is 2.06. The lowest BCUT2D eigenvalue weighted by Crippen LogP contribution is -2.27. The van der Waals surface area contributed by atoms with Gasteiger partial charge in [0.1, 0.15) is 0 Å². The van der Waals surface area contributed by atoms with E-state index in [1.54, 1.807) is 0 Å². The molecule has 12 heavy (non-hydrogen) atoms. The second-order valence-corrected chi connectivity index (χ2v) is 2.63. The number of nitrogens with one attached hydrogen (secondary N) is 1. The monoisotopic (exact) mass is 183 g/mol. The highest BCUT2D eigenvalue weighted by molar-refractivity contribution is 6.13. The van der Waals surface area contributed by atoms with Crippen LogP contribution in [-0.2, 0) is 11.3 Å². The van der Waals surface area contributed by atoms with Gasteiger partial charge in [-0.1, -0.05) is 30.3 Å². The van der Waals surface area contributed by atoms with Gasteiger partial charge < -0.3 is 0 Å². The smallest absolute Gasteiger partial charge is 0.266 e. The van der Waals surface area contributed by atoms with Crippen LogP contribution in [-0.4, -0.2) is 10.9 Å². The molecule has 0 aliphatic carbocycles. The van der Waals surface area contributed by atoms with Gasteiger partial charge in [-0.25, -0.2) is 0 Å². The van der Waals surface area contributed by atoms with Crippen LogP contribution in [0, 0.1) is 0 Å². The minimum absolute atomic E-state index is 0.456. The molecule has 63 valence electrons. The molecular weight excluding hydrogens is 176 g/mol. The number of halogens is 1. The molecule has 0 aliphatic heterocycles. The summed E-state index contributed by atoms with van der Waals surface area (Å²) in [5.41, 5.74) is 3.21. The molecule has 0 heterocycles. The van der Waals surface area contributed by atoms with Gasteiger partial charge in [0, 0.05) is 11.8 Å². The number of benzene rings is 1. The number of hydrazine groups is 1. The largest absolute Gasteiger partial charge is 0.326 e. The Balaban J connectivity index is 2.46. The van der Waals surface area contributed by atoms with E-state index in [1.807, 2.05) is 30.3 Å². The molecule has 0 aromatic heterocycles. The summed E-state index contributed by atoms with van der Waals surface area (Å²) in [5, 5.41) is 0. The van der Waals surface area contributed by atoms with E-state index in [9.17, 15) is 4.79 Å². The Morgan fingerprint density at radius 1 is 1.42 bits per heavy atom. The van der Waals surface area contributed by atoms with E-state index < -0.39 is 0 Å². The fourth-order valence-corrected chi connectivity index (χ4v) is 1.01. The minimum Gasteiger partial charge on any atom is -0.266 e. The van der Waals surface area contributed by atoms with Crippen LogP contribution in [0.1, 0.15) is 5.56 Å². The molecule has 3 nitrogen and oxygen atoms in total. The highest BCUT2D eigenvalue weighted by Gasteiger charge is 1.98. The molecule has 1 aromatic carbocycles. The Kier molecular flexibility index (Phi) is 3.57. The van der Waals surface area contributed by atoms with Crippen molar-refractivity contribution < 1.29 is 4.79 Å². The van der Waals surface area contributed by atoms with E-state index in [-0.39, 0.29) is 0 Å². The number of carbonyl (C=O) groups excluding carboxylic acids is 1. The Labute approximate surface area is 76.0 Å². The van der Waals surface area contributed by atoms with Crippen molar-refractivity contribution in [2.45, 2.75) is 6.54 Å². The van der Waals surface area contributed by atoms with Crippen LogP contribution in [0.15, 0.2) is 30.3 Å². The molecule has 1 amide bonds. The molecule has 0 unspecified atom stereocenters. The normalized spacial score (nSPS) is 9.83. The molecule has 0 saturated carbocycles. The lowest BCUT2D eigenvalue weighted by molar-refractivity contribution is 0.386. The molecule has 1 aromatic rings. The lowest BCUT2D eigenvalue weighted by atomic mass is 10.2. The van der Waals surface area contributed by atoms with Gasteiger partial charge >= 0.3 is 6.41 Å². The molecule has 0 bridgehead atoms. The van der Waals surface area contributed by atoms with Crippen molar-refractivity contribution in [2.75, 3.05) is 0 Å². The summed E-state index contributed by atoms with van der Waals surface area (Å²) >= 11 is 5.58. The van der Waals surface area contributed by atoms with E-state index in [2.05, 4.69) is 5.43 Å². The van der Waals surface area contributed by atoms with E-state index in [1.165, 1.54) is 6.41 Å². The first kappa shape index (κ1) is 9.03. The maximum absolute atomic E-state index is 9.84. The van der Waals surface area contributed by atoms with E-state index in [0.717, 1.165) is 10.1 Å². The summed E-state index contributed by atoms with van der Waals surface area (Å²) < 4.78 is 1.14. The number of amides is 1. The zero-order valence-corrected chi connectivity index (χ0v) is 7.08. The number of rotatable bonds is 4. The molecule has 4 heteroatoms. The molecule has 1 radical (unpaired) electrons. The van der Waals surface area contributed by atoms with Crippen molar-refractivity contribution in [1.82, 2.24) is 9.95 Å². The van der Waals surface area contributed by atoms with Crippen LogP contribution in [0.25, 0.3) is 0 Å². The Bertz CT molecular complexity index is 240. The van der Waals surface area contributed by atoms with Gasteiger partial charge in [-0.05, 0) is 5.56 Å². The summed E-state index contributed by atoms with van der Waals surface area (Å²) in [7, 11) is 0. The zero-order chi connectivity index (χ0) is 8.81. The van der Waals surface area contributed by atoms with Crippen LogP contribution >= 0.6 is 11.8 Å². The number of nitrogens with zero attached hydrogens (tertiary/aromatic N) is 1. The second kappa shape index (κ2) is 4.74. The molecule has 0 aliphatic rings. The number of hydrogen-bond donors (Lipinski definition) is 1. The molecule has 0 saturated heterocycles. The summed E-state index contributed by atoms with van der Waals surface area (Å²) in [6.45, 7) is 0.456. The minimum atomic E-state index is 0.456. The van der Waals surface area contributed by atoms with Crippen LogP contribution in [0.2, 0.25) is 0 Å². The maximum atomic E-state index is 9.84. The van der Waals surface area contributed by atoms with Crippen molar-refractivity contribution in [1.29, 1.82) is 0 Å². The highest BCUT2D eigenvalue weighted by Crippen LogP contribution is 2.02. The Hall–Kier alpha value is -1.06. The Morgan fingerprint density at radius 3 is 2.67 bits per heavy atom. The molecule has 1 rings (SSSR count). The standard InChI is InChI=1S/C8H8ClN2O/c9-11(10-7-12)6-8-4-2-1-3-5-8/h1-5H,6H2,(H,10,12). The van der Waals surface area contributed by atoms with Crippen LogP contribution in [0.4, 0.5) is 0 Å². The first-order chi connectivity index (χ1) is 5.83. The third-order valence-corrected chi connectivity index (χ3v) is 1.54. The third-order valence-electron chi connectivity index (χ3n) is 1.33. The second-order valence-electron chi connectivity index (χ2n) is 2.22. The van der Waals surface area contributed by atoms with Gasteiger partial charge in [-0.3, -0.25) is 10.2 Å². The van der Waals surface area contributed by atoms with Gasteiger partial charge in [-0.15, -0.1) is 4.53 Å². The topological polar surface area (TPSA) is 32.3 Å². The van der Waals surface area contributed by atoms with Crippen molar-refractivity contribution in [3.05, 3.63) is 35.9 Å². The quantitative estimate of drug-likeness (QED) is 0.433. The summed E-state index contributed by atoms with van der Waals surface area (Å²) in [5.74, 6) is 0. The first-order valence-electron chi connectivity index (χ1n) is 3.43. The van der Waals surface area contributed by atoms with Crippen LogP contribution in [0.3, 0.4) is 0 Å². The van der Waals surface area contributed by atoms with Crippen LogP contribution in [0.5, 0.6) is 0 Å². The van der Waals surface area contributed by atoms with Crippen molar-refractivity contribution in [2.24, 2.45) is 0 Å². The third kappa shape index (κ3) is 2.90. The molecular formula is C8H8ClN2O. The van der Waals surface area contributed by atoms with Gasteiger partial charge in [0.25, 0.3) is 0 Å². The molecule has 1 N–H and O–H groups in total. The fraction of sp³-hybridized carbons (Fsp3) is 0.125. The zero-order valence-electron chi connectivity index (χ0n) is 6.33. The number of hydrogen-bond acceptors (Lipinski definition) is 2. The summed E-state index contributed by atoms with van der Waals surface area (Å²) in [4.78, 5) is 9.84. The van der Waals surface area contributed by atoms with Crippen molar-refractivity contribution in [3.63, 3.8) is 0 Å². The Morgan fingerprint density at radius 2 is 2.08 bits per heavy atom. The fourth-order valence-electron chi connectivity index (χ4n) is 0.833. The summed E-state index contributed by atoms with van der Waals surface area (Å²) in [6.07, 6.45) is 1.48. The SMILES string of the molecule is O=[C]NN(Cl)Cc1ccccc1. The van der Waals surface area contributed by atoms with Gasteiger partial charge in [0.15, 0.2) is 0 Å².